The van der Waals surface area contributed by atoms with Gasteiger partial charge in [-0.2, -0.15) is 18.2 Å². The molecule has 1 aromatic carbocycles. The van der Waals surface area contributed by atoms with Crippen molar-refractivity contribution in [2.45, 2.75) is 19.0 Å². The molecule has 1 aromatic heterocycles. The number of aromatic amines is 1. The Morgan fingerprint density at radius 1 is 1.29 bits per heavy atom. The summed E-state index contributed by atoms with van der Waals surface area (Å²) in [5, 5.41) is 10.0. The van der Waals surface area contributed by atoms with Gasteiger partial charge in [0.2, 0.25) is 5.88 Å². The fraction of sp³-hybridized carbons (Fsp3) is 0.231. The summed E-state index contributed by atoms with van der Waals surface area (Å²) in [4.78, 5) is 17.8. The molecule has 2 aromatic rings. The van der Waals surface area contributed by atoms with E-state index in [-0.39, 0.29) is 22.0 Å². The van der Waals surface area contributed by atoms with E-state index in [1.54, 1.807) is 12.1 Å². The van der Waals surface area contributed by atoms with Crippen molar-refractivity contribution >= 4 is 11.6 Å². The summed E-state index contributed by atoms with van der Waals surface area (Å²) in [7, 11) is 0. The maximum Gasteiger partial charge on any atom is 0.389 e. The summed E-state index contributed by atoms with van der Waals surface area (Å²) < 4.78 is 36.4. The summed E-state index contributed by atoms with van der Waals surface area (Å²) in [6, 6.07) is 6.27. The minimum Gasteiger partial charge on any atom is -0.493 e. The van der Waals surface area contributed by atoms with Gasteiger partial charge in [0.25, 0.3) is 5.56 Å². The molecule has 0 aliphatic heterocycles. The van der Waals surface area contributed by atoms with Gasteiger partial charge in [-0.05, 0) is 6.07 Å². The molecule has 1 heterocycles. The van der Waals surface area contributed by atoms with E-state index >= 15 is 0 Å². The van der Waals surface area contributed by atoms with E-state index < -0.39 is 30.5 Å². The lowest BCUT2D eigenvalue weighted by Crippen LogP contribution is -2.16. The Balaban J connectivity index is 2.39. The third kappa shape index (κ3) is 3.75. The van der Waals surface area contributed by atoms with Gasteiger partial charge in [-0.15, -0.1) is 0 Å². The molecule has 0 atom stereocenters. The number of aromatic nitrogens is 2. The Hall–Kier alpha value is -2.02. The van der Waals surface area contributed by atoms with Crippen LogP contribution in [0.1, 0.15) is 12.2 Å². The SMILES string of the molecule is O=c1[nH]c(CCC(F)(F)F)nc(O)c1-c1ccccc1Cl. The van der Waals surface area contributed by atoms with Crippen LogP contribution in [0.15, 0.2) is 29.1 Å². The normalized spacial score (nSPS) is 11.6. The minimum absolute atomic E-state index is 0.170. The Labute approximate surface area is 122 Å². The van der Waals surface area contributed by atoms with Crippen molar-refractivity contribution < 1.29 is 18.3 Å². The standard InChI is InChI=1S/C13H10ClF3N2O2/c14-8-4-2-1-3-7(8)10-11(20)18-9(19-12(10)21)5-6-13(15,16)17/h1-4H,5-6H2,(H2,18,19,20,21). The summed E-state index contributed by atoms with van der Waals surface area (Å²) in [6.07, 6.45) is -6.02. The monoisotopic (exact) mass is 318 g/mol. The molecule has 2 rings (SSSR count). The molecule has 21 heavy (non-hydrogen) atoms. The lowest BCUT2D eigenvalue weighted by Gasteiger charge is -2.08. The largest absolute Gasteiger partial charge is 0.493 e. The van der Waals surface area contributed by atoms with Crippen molar-refractivity contribution in [3.8, 4) is 17.0 Å². The maximum absolute atomic E-state index is 12.1. The number of benzene rings is 1. The van der Waals surface area contributed by atoms with Gasteiger partial charge < -0.3 is 10.1 Å². The lowest BCUT2D eigenvalue weighted by atomic mass is 10.1. The molecule has 0 amide bonds. The fourth-order valence-corrected chi connectivity index (χ4v) is 2.02. The molecule has 112 valence electrons. The fourth-order valence-electron chi connectivity index (χ4n) is 1.79. The van der Waals surface area contributed by atoms with Crippen LogP contribution >= 0.6 is 11.6 Å². The quantitative estimate of drug-likeness (QED) is 0.912. The van der Waals surface area contributed by atoms with Gasteiger partial charge in [-0.1, -0.05) is 29.8 Å². The molecule has 0 aliphatic rings. The average molecular weight is 319 g/mol. The molecule has 0 saturated heterocycles. The van der Waals surface area contributed by atoms with E-state index in [1.165, 1.54) is 12.1 Å². The Morgan fingerprint density at radius 3 is 2.52 bits per heavy atom. The van der Waals surface area contributed by atoms with Gasteiger partial charge in [0.15, 0.2) is 0 Å². The molecule has 0 bridgehead atoms. The van der Waals surface area contributed by atoms with Gasteiger partial charge in [0, 0.05) is 17.0 Å². The molecule has 4 nitrogen and oxygen atoms in total. The van der Waals surface area contributed by atoms with Crippen molar-refractivity contribution in [2.24, 2.45) is 0 Å². The number of halogens is 4. The number of alkyl halides is 3. The number of rotatable bonds is 3. The highest BCUT2D eigenvalue weighted by atomic mass is 35.5. The zero-order valence-electron chi connectivity index (χ0n) is 10.5. The highest BCUT2D eigenvalue weighted by Crippen LogP contribution is 2.30. The molecule has 0 saturated carbocycles. The van der Waals surface area contributed by atoms with Gasteiger partial charge in [0.1, 0.15) is 11.4 Å². The second-order valence-electron chi connectivity index (χ2n) is 4.31. The van der Waals surface area contributed by atoms with Crippen LogP contribution in [0, 0.1) is 0 Å². The van der Waals surface area contributed by atoms with Crippen LogP contribution in [0.4, 0.5) is 13.2 Å². The second kappa shape index (κ2) is 5.77. The predicted octanol–water partition coefficient (Wildman–Crippen LogP) is 3.29. The summed E-state index contributed by atoms with van der Waals surface area (Å²) in [5.41, 5.74) is -0.656. The molecule has 0 unspecified atom stereocenters. The highest BCUT2D eigenvalue weighted by molar-refractivity contribution is 6.33. The van der Waals surface area contributed by atoms with E-state index in [0.717, 1.165) is 0 Å². The molecule has 0 radical (unpaired) electrons. The molecule has 0 aliphatic carbocycles. The zero-order valence-corrected chi connectivity index (χ0v) is 11.3. The van der Waals surface area contributed by atoms with Crippen molar-refractivity contribution in [3.63, 3.8) is 0 Å². The summed E-state index contributed by atoms with van der Waals surface area (Å²) >= 11 is 5.92. The summed E-state index contributed by atoms with van der Waals surface area (Å²) in [6.45, 7) is 0. The van der Waals surface area contributed by atoms with E-state index in [2.05, 4.69) is 9.97 Å². The van der Waals surface area contributed by atoms with Gasteiger partial charge >= 0.3 is 6.18 Å². The van der Waals surface area contributed by atoms with E-state index in [1.807, 2.05) is 0 Å². The third-order valence-corrected chi connectivity index (χ3v) is 3.07. The molecule has 0 fully saturated rings. The van der Waals surface area contributed by atoms with E-state index in [0.29, 0.717) is 0 Å². The smallest absolute Gasteiger partial charge is 0.389 e. The first-order valence-corrected chi connectivity index (χ1v) is 6.29. The van der Waals surface area contributed by atoms with Gasteiger partial charge in [0.05, 0.1) is 6.42 Å². The van der Waals surface area contributed by atoms with E-state index in [4.69, 9.17) is 11.6 Å². The number of nitrogens with one attached hydrogen (secondary N) is 1. The molecular formula is C13H10ClF3N2O2. The van der Waals surface area contributed by atoms with Crippen molar-refractivity contribution in [2.75, 3.05) is 0 Å². The number of hydrogen-bond donors (Lipinski definition) is 2. The lowest BCUT2D eigenvalue weighted by molar-refractivity contribution is -0.134. The van der Waals surface area contributed by atoms with Crippen LogP contribution in [-0.2, 0) is 6.42 Å². The van der Waals surface area contributed by atoms with Crippen LogP contribution in [0.2, 0.25) is 5.02 Å². The van der Waals surface area contributed by atoms with Crippen LogP contribution < -0.4 is 5.56 Å². The van der Waals surface area contributed by atoms with E-state index in [9.17, 15) is 23.1 Å². The highest BCUT2D eigenvalue weighted by Gasteiger charge is 2.27. The number of hydrogen-bond acceptors (Lipinski definition) is 3. The van der Waals surface area contributed by atoms with Crippen LogP contribution in [0.25, 0.3) is 11.1 Å². The van der Waals surface area contributed by atoms with Gasteiger partial charge in [-0.25, -0.2) is 0 Å². The van der Waals surface area contributed by atoms with Crippen LogP contribution in [0.5, 0.6) is 5.88 Å². The molecule has 2 N–H and O–H groups in total. The number of nitrogens with zero attached hydrogens (tertiary/aromatic N) is 1. The topological polar surface area (TPSA) is 66.0 Å². The molecule has 8 heteroatoms. The number of aromatic hydroxyl groups is 1. The Morgan fingerprint density at radius 2 is 1.95 bits per heavy atom. The molecule has 0 spiro atoms. The number of H-pyrrole nitrogens is 1. The van der Waals surface area contributed by atoms with Crippen molar-refractivity contribution in [1.82, 2.24) is 9.97 Å². The summed E-state index contributed by atoms with van der Waals surface area (Å²) in [5.74, 6) is -0.880. The Kier molecular flexibility index (Phi) is 4.22. The minimum atomic E-state index is -4.37. The third-order valence-electron chi connectivity index (χ3n) is 2.74. The number of aryl methyl sites for hydroxylation is 1. The first-order valence-electron chi connectivity index (χ1n) is 5.92. The van der Waals surface area contributed by atoms with Crippen LogP contribution in [0.3, 0.4) is 0 Å². The average Bonchev–Trinajstić information content (AvgIpc) is 2.37. The van der Waals surface area contributed by atoms with Gasteiger partial charge in [-0.3, -0.25) is 4.79 Å². The first-order chi connectivity index (χ1) is 9.78. The first kappa shape index (κ1) is 15.4. The predicted molar refractivity (Wildman–Crippen MR) is 71.3 cm³/mol. The van der Waals surface area contributed by atoms with Crippen molar-refractivity contribution in [3.05, 3.63) is 45.5 Å². The maximum atomic E-state index is 12.1. The Bertz CT molecular complexity index is 713. The zero-order chi connectivity index (χ0) is 15.6. The van der Waals surface area contributed by atoms with Crippen molar-refractivity contribution in [1.29, 1.82) is 0 Å². The van der Waals surface area contributed by atoms with Crippen LogP contribution in [-0.4, -0.2) is 21.3 Å². The molecular weight excluding hydrogens is 309 g/mol. The second-order valence-corrected chi connectivity index (χ2v) is 4.71.